The van der Waals surface area contributed by atoms with Gasteiger partial charge in [-0.3, -0.25) is 0 Å². The molecule has 2 heterocycles. The number of rotatable bonds is 4. The molecule has 7 heteroatoms. The van der Waals surface area contributed by atoms with E-state index in [1.54, 1.807) is 25.2 Å². The van der Waals surface area contributed by atoms with Crippen LogP contribution in [0.3, 0.4) is 0 Å². The van der Waals surface area contributed by atoms with E-state index >= 15 is 0 Å². The number of aliphatic hydroxyl groups excluding tert-OH is 4. The van der Waals surface area contributed by atoms with Crippen LogP contribution >= 0.6 is 0 Å². The summed E-state index contributed by atoms with van der Waals surface area (Å²) in [7, 11) is 0. The lowest BCUT2D eigenvalue weighted by Crippen LogP contribution is -2.37. The first-order chi connectivity index (χ1) is 17.9. The van der Waals surface area contributed by atoms with Crippen LogP contribution in [0, 0.1) is 11.8 Å². The predicted octanol–water partition coefficient (Wildman–Crippen LogP) is 4.09. The fourth-order valence-electron chi connectivity index (χ4n) is 4.86. The first kappa shape index (κ1) is 31.9. The predicted molar refractivity (Wildman–Crippen MR) is 149 cm³/mol. The van der Waals surface area contributed by atoms with Crippen LogP contribution in [-0.4, -0.2) is 69.1 Å². The molecule has 0 bridgehead atoms. The molecule has 38 heavy (non-hydrogen) atoms. The minimum atomic E-state index is -1.51. The van der Waals surface area contributed by atoms with Crippen LogP contribution in [-0.2, 0) is 14.3 Å². The first-order valence-electron chi connectivity index (χ1n) is 13.5. The number of ether oxygens (including phenoxy) is 2. The standard InChI is InChI=1S/C31H46O7/c1-8-11-21(5)29-31(38-29)30-22(6)16-18(2)13-10-15-24(32)27(35)23(7)28(36)26(34)20(4)14-9-12-19(3)17-25(33)37-30/h9-10,12,15,17,21-22,24,26-32,34-36H,2,4,7-8,11,13-14,16H2,1,3,5-6H3/b12-9+,15-10+,19-17+/t21-,22-,24-,26+,27-,28+,29-,30-,31+/m0/s1. The number of cyclic esters (lactones) is 1. The fourth-order valence-corrected chi connectivity index (χ4v) is 4.86. The molecule has 2 aliphatic heterocycles. The van der Waals surface area contributed by atoms with Crippen molar-refractivity contribution in [2.75, 3.05) is 0 Å². The highest BCUT2D eigenvalue weighted by molar-refractivity contribution is 5.83. The van der Waals surface area contributed by atoms with Gasteiger partial charge >= 0.3 is 5.97 Å². The molecule has 0 unspecified atom stereocenters. The second-order valence-electron chi connectivity index (χ2n) is 10.8. The Hall–Kier alpha value is -2.29. The van der Waals surface area contributed by atoms with E-state index in [0.717, 1.165) is 18.4 Å². The highest BCUT2D eigenvalue weighted by Gasteiger charge is 2.51. The van der Waals surface area contributed by atoms with Crippen molar-refractivity contribution in [3.63, 3.8) is 0 Å². The minimum absolute atomic E-state index is 0.0474. The average molecular weight is 531 g/mol. The van der Waals surface area contributed by atoms with E-state index in [-0.39, 0.29) is 30.1 Å². The number of hydrogen-bond acceptors (Lipinski definition) is 7. The maximum absolute atomic E-state index is 12.8. The molecule has 0 amide bonds. The Morgan fingerprint density at radius 3 is 2.37 bits per heavy atom. The lowest BCUT2D eigenvalue weighted by molar-refractivity contribution is -0.146. The highest BCUT2D eigenvalue weighted by Crippen LogP contribution is 2.39. The monoisotopic (exact) mass is 530 g/mol. The summed E-state index contributed by atoms with van der Waals surface area (Å²) in [6, 6.07) is 0. The van der Waals surface area contributed by atoms with Crippen LogP contribution in [0.2, 0.25) is 0 Å². The van der Waals surface area contributed by atoms with Crippen LogP contribution in [0.25, 0.3) is 0 Å². The van der Waals surface area contributed by atoms with Gasteiger partial charge in [0.15, 0.2) is 0 Å². The van der Waals surface area contributed by atoms with Crippen LogP contribution in [0.4, 0.5) is 0 Å². The molecule has 2 aliphatic rings. The van der Waals surface area contributed by atoms with Crippen LogP contribution in [0.15, 0.2) is 72.4 Å². The van der Waals surface area contributed by atoms with E-state index < -0.39 is 36.5 Å². The molecule has 1 fully saturated rings. The Morgan fingerprint density at radius 2 is 1.71 bits per heavy atom. The molecule has 0 aromatic heterocycles. The van der Waals surface area contributed by atoms with Gasteiger partial charge in [-0.2, -0.15) is 0 Å². The Bertz CT molecular complexity index is 946. The van der Waals surface area contributed by atoms with Crippen molar-refractivity contribution in [3.05, 3.63) is 72.4 Å². The third kappa shape index (κ3) is 9.17. The third-order valence-electron chi connectivity index (χ3n) is 7.26. The summed E-state index contributed by atoms with van der Waals surface area (Å²) < 4.78 is 11.9. The van der Waals surface area contributed by atoms with Gasteiger partial charge in [-0.15, -0.1) is 0 Å². The van der Waals surface area contributed by atoms with Gasteiger partial charge in [0.2, 0.25) is 0 Å². The Labute approximate surface area is 227 Å². The van der Waals surface area contributed by atoms with E-state index in [0.29, 0.717) is 29.9 Å². The third-order valence-corrected chi connectivity index (χ3v) is 7.26. The molecule has 212 valence electrons. The number of carbonyl (C=O) groups excluding carboxylic acids is 1. The molecule has 1 saturated heterocycles. The molecule has 0 radical (unpaired) electrons. The molecule has 4 N–H and O–H groups in total. The summed E-state index contributed by atoms with van der Waals surface area (Å²) in [5, 5.41) is 41.8. The molecule has 0 saturated carbocycles. The van der Waals surface area contributed by atoms with Crippen LogP contribution < -0.4 is 0 Å². The van der Waals surface area contributed by atoms with Crippen molar-refractivity contribution in [2.24, 2.45) is 11.8 Å². The van der Waals surface area contributed by atoms with E-state index in [9.17, 15) is 25.2 Å². The van der Waals surface area contributed by atoms with Crippen LogP contribution in [0.1, 0.15) is 59.8 Å². The number of allylic oxidation sites excluding steroid dienone is 5. The van der Waals surface area contributed by atoms with Gasteiger partial charge in [0.05, 0.1) is 6.10 Å². The number of aliphatic hydroxyl groups is 4. The normalized spacial score (nSPS) is 38.5. The van der Waals surface area contributed by atoms with Crippen molar-refractivity contribution >= 4 is 5.97 Å². The van der Waals surface area contributed by atoms with E-state index in [4.69, 9.17) is 9.47 Å². The van der Waals surface area contributed by atoms with Gasteiger partial charge in [0, 0.05) is 6.08 Å². The zero-order chi connectivity index (χ0) is 28.6. The van der Waals surface area contributed by atoms with E-state index in [1.807, 2.05) is 6.92 Å². The van der Waals surface area contributed by atoms with Crippen molar-refractivity contribution in [1.29, 1.82) is 0 Å². The molecule has 0 aromatic carbocycles. The topological polar surface area (TPSA) is 120 Å². The molecule has 9 atom stereocenters. The Morgan fingerprint density at radius 1 is 1.03 bits per heavy atom. The smallest absolute Gasteiger partial charge is 0.331 e. The Kier molecular flexibility index (Phi) is 12.4. The molecular weight excluding hydrogens is 484 g/mol. The quantitative estimate of drug-likeness (QED) is 0.245. The molecule has 0 aromatic rings. The number of esters is 1. The summed E-state index contributed by atoms with van der Waals surface area (Å²) in [5.74, 6) is -0.134. The summed E-state index contributed by atoms with van der Waals surface area (Å²) in [6.45, 7) is 19.7. The Balaban J connectivity index is 2.28. The van der Waals surface area contributed by atoms with Gasteiger partial charge < -0.3 is 29.9 Å². The number of carbonyl (C=O) groups is 1. The molecule has 0 aliphatic carbocycles. The largest absolute Gasteiger partial charge is 0.456 e. The molecular formula is C31H46O7. The van der Waals surface area contributed by atoms with Crippen LogP contribution in [0.5, 0.6) is 0 Å². The zero-order valence-corrected chi connectivity index (χ0v) is 23.3. The van der Waals surface area contributed by atoms with Crippen molar-refractivity contribution in [2.45, 2.75) is 103 Å². The van der Waals surface area contributed by atoms with Crippen molar-refractivity contribution in [3.8, 4) is 0 Å². The molecule has 7 nitrogen and oxygen atoms in total. The second kappa shape index (κ2) is 14.8. The summed E-state index contributed by atoms with van der Waals surface area (Å²) in [4.78, 5) is 12.8. The van der Waals surface area contributed by atoms with Gasteiger partial charge in [0.1, 0.15) is 36.6 Å². The zero-order valence-electron chi connectivity index (χ0n) is 23.3. The van der Waals surface area contributed by atoms with Crippen molar-refractivity contribution < 1.29 is 34.7 Å². The van der Waals surface area contributed by atoms with Gasteiger partial charge in [-0.05, 0) is 61.2 Å². The lowest BCUT2D eigenvalue weighted by atomic mass is 9.89. The van der Waals surface area contributed by atoms with Gasteiger partial charge in [-0.25, -0.2) is 4.79 Å². The minimum Gasteiger partial charge on any atom is -0.456 e. The van der Waals surface area contributed by atoms with Gasteiger partial charge in [-0.1, -0.05) is 76.8 Å². The fraction of sp³-hybridized carbons (Fsp3) is 0.581. The van der Waals surface area contributed by atoms with E-state index in [2.05, 4.69) is 33.6 Å². The maximum atomic E-state index is 12.8. The maximum Gasteiger partial charge on any atom is 0.331 e. The summed E-state index contributed by atoms with van der Waals surface area (Å²) in [5.41, 5.74) is 1.70. The molecule has 2 rings (SSSR count). The lowest BCUT2D eigenvalue weighted by Gasteiger charge is -2.26. The molecule has 0 spiro atoms. The second-order valence-corrected chi connectivity index (χ2v) is 10.8. The summed E-state index contributed by atoms with van der Waals surface area (Å²) in [6.07, 6.45) is 5.05. The highest BCUT2D eigenvalue weighted by atomic mass is 16.6. The van der Waals surface area contributed by atoms with Gasteiger partial charge in [0.25, 0.3) is 0 Å². The number of epoxide rings is 1. The SMILES string of the molecule is C=C1C/C=C/[C@H](O)[C@@H](O)C(=C)[C@@H](O)[C@H](O)C(=C)C/C=C/C(C)=C/C(=O)O[C@H]([C@@H]2O[C@H]2[C@@H](C)CCC)[C@@H](C)C1. The number of hydrogen-bond donors (Lipinski definition) is 4. The average Bonchev–Trinajstić information content (AvgIpc) is 3.65. The van der Waals surface area contributed by atoms with Crippen molar-refractivity contribution in [1.82, 2.24) is 0 Å². The van der Waals surface area contributed by atoms with E-state index in [1.165, 1.54) is 12.2 Å². The summed E-state index contributed by atoms with van der Waals surface area (Å²) >= 11 is 0. The first-order valence-corrected chi connectivity index (χ1v) is 13.5.